The number of unbranched alkanes of at least 4 members (excludes halogenated alkanes) is 2. The molecule has 0 spiro atoms. The molecule has 0 heterocycles. The molecule has 12 heavy (non-hydrogen) atoms. The summed E-state index contributed by atoms with van der Waals surface area (Å²) in [5.74, 6) is 0. The summed E-state index contributed by atoms with van der Waals surface area (Å²) in [4.78, 5) is 0. The quantitative estimate of drug-likeness (QED) is 0.585. The summed E-state index contributed by atoms with van der Waals surface area (Å²) in [6.45, 7) is 6.51. The van der Waals surface area contributed by atoms with Gasteiger partial charge < -0.3 is 5.11 Å². The van der Waals surface area contributed by atoms with Crippen LogP contribution in [0, 0.1) is 0 Å². The summed E-state index contributed by atoms with van der Waals surface area (Å²) in [6, 6.07) is 0. The van der Waals surface area contributed by atoms with Gasteiger partial charge in [-0.3, -0.25) is 0 Å². The molecule has 0 atom stereocenters. The Balaban J connectivity index is 0. The van der Waals surface area contributed by atoms with Crippen LogP contribution in [0.3, 0.4) is 0 Å². The van der Waals surface area contributed by atoms with Crippen LogP contribution in [-0.2, 0) is 0 Å². The molecule has 0 aliphatic rings. The molecule has 0 aromatic rings. The molecular weight excluding hydrogens is 255 g/mol. The van der Waals surface area contributed by atoms with Crippen LogP contribution in [0.15, 0.2) is 0 Å². The molecule has 0 aliphatic carbocycles. The van der Waals surface area contributed by atoms with E-state index >= 15 is 0 Å². The molecule has 0 fully saturated rings. The second-order valence-electron chi connectivity index (χ2n) is 2.77. The average Bonchev–Trinajstić information content (AvgIpc) is 2.06. The van der Waals surface area contributed by atoms with Gasteiger partial charge in [0.1, 0.15) is 0 Å². The minimum atomic E-state index is 0.149. The van der Waals surface area contributed by atoms with Gasteiger partial charge in [0.15, 0.2) is 0 Å². The second-order valence-corrected chi connectivity index (χ2v) is 7.05. The SMILES string of the molecule is CCC[CH2][Sn+2][CH2]CCC.CCO. The molecule has 0 rings (SSSR count). The third-order valence-electron chi connectivity index (χ3n) is 1.41. The van der Waals surface area contributed by atoms with E-state index in [2.05, 4.69) is 13.8 Å². The van der Waals surface area contributed by atoms with E-state index in [1.165, 1.54) is 25.7 Å². The maximum absolute atomic E-state index is 7.57. The van der Waals surface area contributed by atoms with Crippen LogP contribution in [0.25, 0.3) is 0 Å². The van der Waals surface area contributed by atoms with Gasteiger partial charge in [0.25, 0.3) is 0 Å². The van der Waals surface area contributed by atoms with E-state index < -0.39 is 0 Å². The molecular formula is C10H24OSn+2. The molecule has 1 N–H and O–H groups in total. The molecule has 0 unspecified atom stereocenters. The summed E-state index contributed by atoms with van der Waals surface area (Å²) >= 11 is 0.149. The number of hydrogen-bond donors (Lipinski definition) is 1. The van der Waals surface area contributed by atoms with Crippen molar-refractivity contribution in [2.45, 2.75) is 55.3 Å². The number of aliphatic hydroxyl groups is 1. The number of aliphatic hydroxyl groups excluding tert-OH is 1. The van der Waals surface area contributed by atoms with Crippen molar-refractivity contribution in [1.29, 1.82) is 0 Å². The Bertz CT molecular complexity index is 51.8. The first-order chi connectivity index (χ1) is 5.83. The predicted octanol–water partition coefficient (Wildman–Crippen LogP) is 3.13. The van der Waals surface area contributed by atoms with Gasteiger partial charge in [-0.25, -0.2) is 0 Å². The molecule has 0 saturated carbocycles. The fourth-order valence-corrected chi connectivity index (χ4v) is 4.89. The maximum Gasteiger partial charge on any atom is 0.0402 e. The molecule has 0 aromatic heterocycles. The Kier molecular flexibility index (Phi) is 22.5. The van der Waals surface area contributed by atoms with Gasteiger partial charge in [0, 0.05) is 6.61 Å². The minimum Gasteiger partial charge on any atom is -0.397 e. The Hall–Kier alpha value is 0.759. The predicted molar refractivity (Wildman–Crippen MR) is 57.9 cm³/mol. The third-order valence-corrected chi connectivity index (χ3v) is 5.45. The van der Waals surface area contributed by atoms with Crippen LogP contribution in [0.2, 0.25) is 8.87 Å². The standard InChI is InChI=1S/2C4H9.C2H6O.Sn/c2*1-3-4-2;1-2-3;/h2*1,3-4H2,2H3;3H,2H2,1H3;/q;;;+2. The fraction of sp³-hybridized carbons (Fsp3) is 1.00. The van der Waals surface area contributed by atoms with Gasteiger partial charge in [-0.05, 0) is 6.92 Å². The summed E-state index contributed by atoms with van der Waals surface area (Å²) < 4.78 is 3.25. The Morgan fingerprint density at radius 3 is 1.50 bits per heavy atom. The summed E-state index contributed by atoms with van der Waals surface area (Å²) in [7, 11) is 0. The normalized spacial score (nSPS) is 8.33. The molecule has 0 amide bonds. The van der Waals surface area contributed by atoms with Crippen LogP contribution in [0.4, 0.5) is 0 Å². The Morgan fingerprint density at radius 1 is 0.917 bits per heavy atom. The van der Waals surface area contributed by atoms with Crippen molar-refractivity contribution in [3.8, 4) is 0 Å². The van der Waals surface area contributed by atoms with E-state index in [-0.39, 0.29) is 27.7 Å². The number of hydrogen-bond acceptors (Lipinski definition) is 1. The van der Waals surface area contributed by atoms with Gasteiger partial charge in [-0.15, -0.1) is 0 Å². The van der Waals surface area contributed by atoms with E-state index in [1.54, 1.807) is 15.8 Å². The molecule has 1 nitrogen and oxygen atoms in total. The van der Waals surface area contributed by atoms with E-state index in [0.29, 0.717) is 0 Å². The van der Waals surface area contributed by atoms with Crippen molar-refractivity contribution in [1.82, 2.24) is 0 Å². The first-order valence-electron chi connectivity index (χ1n) is 5.14. The van der Waals surface area contributed by atoms with Crippen molar-refractivity contribution < 1.29 is 5.11 Å². The first kappa shape index (κ1) is 15.2. The van der Waals surface area contributed by atoms with Crippen molar-refractivity contribution in [3.63, 3.8) is 0 Å². The zero-order valence-corrected chi connectivity index (χ0v) is 11.8. The summed E-state index contributed by atoms with van der Waals surface area (Å²) in [6.07, 6.45) is 5.84. The zero-order valence-electron chi connectivity index (χ0n) is 8.90. The minimum absolute atomic E-state index is 0.149. The van der Waals surface area contributed by atoms with Crippen LogP contribution in [0.5, 0.6) is 0 Å². The topological polar surface area (TPSA) is 20.2 Å². The number of rotatable bonds is 6. The third kappa shape index (κ3) is 22.4. The molecule has 2 heteroatoms. The van der Waals surface area contributed by atoms with Gasteiger partial charge >= 0.3 is 69.5 Å². The van der Waals surface area contributed by atoms with Gasteiger partial charge in [0.05, 0.1) is 0 Å². The van der Waals surface area contributed by atoms with Gasteiger partial charge in [-0.2, -0.15) is 0 Å². The van der Waals surface area contributed by atoms with E-state index in [9.17, 15) is 0 Å². The second kappa shape index (κ2) is 17.7. The molecule has 0 radical (unpaired) electrons. The van der Waals surface area contributed by atoms with Crippen molar-refractivity contribution >= 4 is 21.1 Å². The largest absolute Gasteiger partial charge is 0.397 e. The molecule has 0 saturated heterocycles. The summed E-state index contributed by atoms with van der Waals surface area (Å²) in [5, 5.41) is 7.57. The van der Waals surface area contributed by atoms with Crippen LogP contribution in [0.1, 0.15) is 46.5 Å². The average molecular weight is 279 g/mol. The van der Waals surface area contributed by atoms with Gasteiger partial charge in [-0.1, -0.05) is 0 Å². The van der Waals surface area contributed by atoms with E-state index in [1.807, 2.05) is 0 Å². The van der Waals surface area contributed by atoms with Crippen LogP contribution >= 0.6 is 0 Å². The molecule has 72 valence electrons. The van der Waals surface area contributed by atoms with E-state index in [4.69, 9.17) is 5.11 Å². The Labute approximate surface area is 88.2 Å². The van der Waals surface area contributed by atoms with Crippen LogP contribution < -0.4 is 0 Å². The molecule has 0 aliphatic heterocycles. The van der Waals surface area contributed by atoms with Crippen molar-refractivity contribution in [2.24, 2.45) is 0 Å². The maximum atomic E-state index is 7.57. The van der Waals surface area contributed by atoms with Crippen molar-refractivity contribution in [3.05, 3.63) is 0 Å². The van der Waals surface area contributed by atoms with E-state index in [0.717, 1.165) is 0 Å². The fourth-order valence-electron chi connectivity index (χ4n) is 0.729. The Morgan fingerprint density at radius 2 is 1.25 bits per heavy atom. The monoisotopic (exact) mass is 280 g/mol. The molecule has 0 bridgehead atoms. The smallest absolute Gasteiger partial charge is 0.0402 e. The van der Waals surface area contributed by atoms with Crippen molar-refractivity contribution in [2.75, 3.05) is 6.61 Å². The van der Waals surface area contributed by atoms with Gasteiger partial charge in [0.2, 0.25) is 0 Å². The van der Waals surface area contributed by atoms with Crippen LogP contribution in [-0.4, -0.2) is 32.9 Å². The first-order valence-corrected chi connectivity index (χ1v) is 9.18. The zero-order chi connectivity index (χ0) is 9.66. The molecule has 0 aromatic carbocycles. The summed E-state index contributed by atoms with van der Waals surface area (Å²) in [5.41, 5.74) is 0.